The minimum Gasteiger partial charge on any atom is -0.495 e. The van der Waals surface area contributed by atoms with Gasteiger partial charge in [0.1, 0.15) is 5.75 Å². The molecule has 1 fully saturated rings. The summed E-state index contributed by atoms with van der Waals surface area (Å²) in [6, 6.07) is 6.51. The standard InChI is InChI=1S/C15H25N3O/c1-11(2)18-7-6-12(10-18)9-17-13-4-5-14(16)15(8-13)19-3/h4-5,8,11-12,17H,6-7,9-10,16H2,1-3H3. The summed E-state index contributed by atoms with van der Waals surface area (Å²) in [6.45, 7) is 7.95. The first-order valence-corrected chi connectivity index (χ1v) is 7.01. The van der Waals surface area contributed by atoms with E-state index in [0.29, 0.717) is 11.7 Å². The highest BCUT2D eigenvalue weighted by Gasteiger charge is 2.23. The van der Waals surface area contributed by atoms with Gasteiger partial charge >= 0.3 is 0 Å². The van der Waals surface area contributed by atoms with Crippen LogP contribution in [0.1, 0.15) is 20.3 Å². The van der Waals surface area contributed by atoms with Crippen molar-refractivity contribution in [3.8, 4) is 5.75 Å². The van der Waals surface area contributed by atoms with Crippen molar-refractivity contribution in [2.45, 2.75) is 26.3 Å². The van der Waals surface area contributed by atoms with Gasteiger partial charge in [-0.3, -0.25) is 0 Å². The summed E-state index contributed by atoms with van der Waals surface area (Å²) >= 11 is 0. The Morgan fingerprint density at radius 3 is 2.89 bits per heavy atom. The molecule has 1 heterocycles. The summed E-state index contributed by atoms with van der Waals surface area (Å²) in [5.74, 6) is 1.46. The molecular formula is C15H25N3O. The molecule has 1 saturated heterocycles. The van der Waals surface area contributed by atoms with E-state index in [9.17, 15) is 0 Å². The zero-order valence-electron chi connectivity index (χ0n) is 12.1. The SMILES string of the molecule is COc1cc(NCC2CCN(C(C)C)C2)ccc1N. The van der Waals surface area contributed by atoms with Crippen LogP contribution in [-0.2, 0) is 0 Å². The second-order valence-corrected chi connectivity index (χ2v) is 5.58. The van der Waals surface area contributed by atoms with Crippen LogP contribution in [0.15, 0.2) is 18.2 Å². The van der Waals surface area contributed by atoms with Gasteiger partial charge in [0.15, 0.2) is 0 Å². The summed E-state index contributed by atoms with van der Waals surface area (Å²) in [5.41, 5.74) is 7.57. The Morgan fingerprint density at radius 2 is 2.26 bits per heavy atom. The van der Waals surface area contributed by atoms with Crippen molar-refractivity contribution in [1.29, 1.82) is 0 Å². The number of nitrogens with one attached hydrogen (secondary N) is 1. The van der Waals surface area contributed by atoms with Crippen molar-refractivity contribution >= 4 is 11.4 Å². The first kappa shape index (κ1) is 14.0. The van der Waals surface area contributed by atoms with E-state index < -0.39 is 0 Å². The van der Waals surface area contributed by atoms with Gasteiger partial charge in [0.2, 0.25) is 0 Å². The Balaban J connectivity index is 1.86. The van der Waals surface area contributed by atoms with Crippen LogP contribution in [-0.4, -0.2) is 37.7 Å². The van der Waals surface area contributed by atoms with Crippen LogP contribution in [0.3, 0.4) is 0 Å². The first-order chi connectivity index (χ1) is 9.10. The Bertz CT molecular complexity index is 420. The molecule has 1 aromatic carbocycles. The van der Waals surface area contributed by atoms with Crippen molar-refractivity contribution in [3.05, 3.63) is 18.2 Å². The Morgan fingerprint density at radius 1 is 1.47 bits per heavy atom. The molecule has 1 aliphatic rings. The smallest absolute Gasteiger partial charge is 0.143 e. The molecule has 1 atom stereocenters. The van der Waals surface area contributed by atoms with Gasteiger partial charge in [-0.2, -0.15) is 0 Å². The molecule has 2 rings (SSSR count). The van der Waals surface area contributed by atoms with E-state index in [-0.39, 0.29) is 0 Å². The second kappa shape index (κ2) is 6.15. The van der Waals surface area contributed by atoms with E-state index in [2.05, 4.69) is 24.1 Å². The number of anilines is 2. The van der Waals surface area contributed by atoms with E-state index in [1.807, 2.05) is 18.2 Å². The third-order valence-electron chi connectivity index (χ3n) is 3.88. The number of nitrogen functional groups attached to an aromatic ring is 1. The van der Waals surface area contributed by atoms with Gasteiger partial charge in [-0.25, -0.2) is 0 Å². The molecule has 0 bridgehead atoms. The highest BCUT2D eigenvalue weighted by Crippen LogP contribution is 2.26. The zero-order valence-corrected chi connectivity index (χ0v) is 12.1. The van der Waals surface area contributed by atoms with Crippen LogP contribution in [0.25, 0.3) is 0 Å². The Labute approximate surface area is 115 Å². The number of nitrogens with two attached hydrogens (primary N) is 1. The zero-order chi connectivity index (χ0) is 13.8. The lowest BCUT2D eigenvalue weighted by molar-refractivity contribution is 0.266. The summed E-state index contributed by atoms with van der Waals surface area (Å²) in [7, 11) is 1.65. The number of rotatable bonds is 5. The lowest BCUT2D eigenvalue weighted by Gasteiger charge is -2.20. The Kier molecular flexibility index (Phi) is 4.53. The molecule has 0 saturated carbocycles. The molecule has 0 amide bonds. The average molecular weight is 263 g/mol. The molecular weight excluding hydrogens is 238 g/mol. The normalized spacial score (nSPS) is 19.9. The second-order valence-electron chi connectivity index (χ2n) is 5.58. The lowest BCUT2D eigenvalue weighted by atomic mass is 10.1. The van der Waals surface area contributed by atoms with Gasteiger partial charge in [-0.1, -0.05) is 0 Å². The van der Waals surface area contributed by atoms with Gasteiger partial charge in [-0.05, 0) is 44.9 Å². The fourth-order valence-corrected chi connectivity index (χ4v) is 2.58. The van der Waals surface area contributed by atoms with E-state index in [1.165, 1.54) is 19.5 Å². The minimum atomic E-state index is 0.654. The lowest BCUT2D eigenvalue weighted by Crippen LogP contribution is -2.29. The molecule has 4 nitrogen and oxygen atoms in total. The van der Waals surface area contributed by atoms with Crippen LogP contribution in [0, 0.1) is 5.92 Å². The average Bonchev–Trinajstić information content (AvgIpc) is 2.87. The molecule has 0 spiro atoms. The van der Waals surface area contributed by atoms with Gasteiger partial charge < -0.3 is 20.7 Å². The first-order valence-electron chi connectivity index (χ1n) is 7.01. The van der Waals surface area contributed by atoms with Crippen LogP contribution in [0.5, 0.6) is 5.75 Å². The minimum absolute atomic E-state index is 0.654. The maximum absolute atomic E-state index is 5.81. The predicted octanol–water partition coefficient (Wildman–Crippen LogP) is 2.42. The van der Waals surface area contributed by atoms with Crippen LogP contribution >= 0.6 is 0 Å². The number of nitrogens with zero attached hydrogens (tertiary/aromatic N) is 1. The van der Waals surface area contributed by atoms with Crippen molar-refractivity contribution < 1.29 is 4.74 Å². The maximum atomic E-state index is 5.81. The fourth-order valence-electron chi connectivity index (χ4n) is 2.58. The van der Waals surface area contributed by atoms with E-state index in [1.54, 1.807) is 7.11 Å². The number of ether oxygens (including phenoxy) is 1. The number of hydrogen-bond donors (Lipinski definition) is 2. The summed E-state index contributed by atoms with van der Waals surface area (Å²) in [6.07, 6.45) is 1.28. The van der Waals surface area contributed by atoms with Crippen molar-refractivity contribution in [3.63, 3.8) is 0 Å². The summed E-state index contributed by atoms with van der Waals surface area (Å²) in [4.78, 5) is 2.54. The van der Waals surface area contributed by atoms with Gasteiger partial charge in [-0.15, -0.1) is 0 Å². The van der Waals surface area contributed by atoms with Gasteiger partial charge in [0.05, 0.1) is 12.8 Å². The van der Waals surface area contributed by atoms with Crippen molar-refractivity contribution in [1.82, 2.24) is 4.90 Å². The summed E-state index contributed by atoms with van der Waals surface area (Å²) in [5, 5.41) is 3.49. The highest BCUT2D eigenvalue weighted by molar-refractivity contribution is 5.61. The predicted molar refractivity (Wildman–Crippen MR) is 80.7 cm³/mol. The summed E-state index contributed by atoms with van der Waals surface area (Å²) < 4.78 is 5.23. The fraction of sp³-hybridized carbons (Fsp3) is 0.600. The molecule has 0 radical (unpaired) electrons. The van der Waals surface area contributed by atoms with Crippen molar-refractivity contribution in [2.75, 3.05) is 37.8 Å². The number of likely N-dealkylation sites (tertiary alicyclic amines) is 1. The largest absolute Gasteiger partial charge is 0.495 e. The quantitative estimate of drug-likeness (QED) is 0.801. The highest BCUT2D eigenvalue weighted by atomic mass is 16.5. The van der Waals surface area contributed by atoms with Crippen LogP contribution in [0.4, 0.5) is 11.4 Å². The number of methoxy groups -OCH3 is 1. The third-order valence-corrected chi connectivity index (χ3v) is 3.88. The molecule has 1 unspecified atom stereocenters. The van der Waals surface area contributed by atoms with Crippen LogP contribution in [0.2, 0.25) is 0 Å². The van der Waals surface area contributed by atoms with Gasteiger partial charge in [0.25, 0.3) is 0 Å². The van der Waals surface area contributed by atoms with Crippen LogP contribution < -0.4 is 15.8 Å². The molecule has 0 aromatic heterocycles. The molecule has 4 heteroatoms. The van der Waals surface area contributed by atoms with E-state index in [4.69, 9.17) is 10.5 Å². The molecule has 1 aliphatic heterocycles. The molecule has 19 heavy (non-hydrogen) atoms. The molecule has 0 aliphatic carbocycles. The van der Waals surface area contributed by atoms with Gasteiger partial charge in [0, 0.05) is 30.9 Å². The molecule has 106 valence electrons. The third kappa shape index (κ3) is 3.53. The monoisotopic (exact) mass is 263 g/mol. The van der Waals surface area contributed by atoms with Crippen molar-refractivity contribution in [2.24, 2.45) is 5.92 Å². The number of benzene rings is 1. The molecule has 1 aromatic rings. The maximum Gasteiger partial charge on any atom is 0.143 e. The molecule has 3 N–H and O–H groups in total. The number of hydrogen-bond acceptors (Lipinski definition) is 4. The Hall–Kier alpha value is -1.42. The van der Waals surface area contributed by atoms with E-state index >= 15 is 0 Å². The van der Waals surface area contributed by atoms with E-state index in [0.717, 1.165) is 23.9 Å². The topological polar surface area (TPSA) is 50.5 Å².